The number of hydrogen-bond donors (Lipinski definition) is 2. The van der Waals surface area contributed by atoms with Crippen molar-refractivity contribution in [2.75, 3.05) is 26.7 Å². The standard InChI is InChI=1S/C11H23N3O/c1-14(8-6-11(12)13)7-2-4-10-5-3-9-15-10/h10H,2-9H2,1H3,(H3,12,13). The Kier molecular flexibility index (Phi) is 5.65. The Morgan fingerprint density at radius 3 is 2.93 bits per heavy atom. The first-order valence-corrected chi connectivity index (χ1v) is 5.81. The van der Waals surface area contributed by atoms with Crippen molar-refractivity contribution in [3.63, 3.8) is 0 Å². The summed E-state index contributed by atoms with van der Waals surface area (Å²) in [6.07, 6.45) is 5.99. The van der Waals surface area contributed by atoms with Crippen molar-refractivity contribution < 1.29 is 4.74 Å². The highest BCUT2D eigenvalue weighted by atomic mass is 16.5. The molecule has 0 aromatic carbocycles. The van der Waals surface area contributed by atoms with E-state index in [9.17, 15) is 0 Å². The maximum Gasteiger partial charge on any atom is 0.0918 e. The lowest BCUT2D eigenvalue weighted by molar-refractivity contribution is 0.0998. The van der Waals surface area contributed by atoms with Gasteiger partial charge in [-0.1, -0.05) is 0 Å². The van der Waals surface area contributed by atoms with Crippen molar-refractivity contribution in [3.05, 3.63) is 0 Å². The molecule has 0 bridgehead atoms. The molecule has 0 saturated carbocycles. The second kappa shape index (κ2) is 6.80. The van der Waals surface area contributed by atoms with Crippen LogP contribution >= 0.6 is 0 Å². The molecule has 1 saturated heterocycles. The number of nitrogens with one attached hydrogen (secondary N) is 1. The summed E-state index contributed by atoms with van der Waals surface area (Å²) in [4.78, 5) is 2.23. The SMILES string of the molecule is CN(CCCC1CCCO1)CCC(=N)N. The van der Waals surface area contributed by atoms with Crippen LogP contribution in [0.5, 0.6) is 0 Å². The maximum absolute atomic E-state index is 7.13. The Labute approximate surface area is 92.3 Å². The quantitative estimate of drug-likeness (QED) is 0.493. The van der Waals surface area contributed by atoms with Crippen molar-refractivity contribution in [2.24, 2.45) is 5.73 Å². The van der Waals surface area contributed by atoms with E-state index in [-0.39, 0.29) is 5.84 Å². The summed E-state index contributed by atoms with van der Waals surface area (Å²) in [5, 5.41) is 7.13. The zero-order valence-electron chi connectivity index (χ0n) is 9.67. The molecule has 15 heavy (non-hydrogen) atoms. The highest BCUT2D eigenvalue weighted by molar-refractivity contribution is 5.76. The number of nitrogens with two attached hydrogens (primary N) is 1. The predicted octanol–water partition coefficient (Wildman–Crippen LogP) is 1.20. The largest absolute Gasteiger partial charge is 0.388 e. The Morgan fingerprint density at radius 2 is 2.33 bits per heavy atom. The van der Waals surface area contributed by atoms with E-state index in [1.807, 2.05) is 0 Å². The lowest BCUT2D eigenvalue weighted by atomic mass is 10.1. The topological polar surface area (TPSA) is 62.3 Å². The fourth-order valence-corrected chi connectivity index (χ4v) is 1.88. The van der Waals surface area contributed by atoms with Crippen molar-refractivity contribution in [1.82, 2.24) is 4.90 Å². The third-order valence-corrected chi connectivity index (χ3v) is 2.85. The molecule has 0 aromatic heterocycles. The smallest absolute Gasteiger partial charge is 0.0918 e. The molecule has 1 fully saturated rings. The number of ether oxygens (including phenoxy) is 1. The van der Waals surface area contributed by atoms with Crippen LogP contribution in [0.2, 0.25) is 0 Å². The number of rotatable bonds is 7. The van der Waals surface area contributed by atoms with Crippen LogP contribution in [-0.2, 0) is 4.74 Å². The van der Waals surface area contributed by atoms with Gasteiger partial charge in [0.2, 0.25) is 0 Å². The minimum Gasteiger partial charge on any atom is -0.388 e. The third kappa shape index (κ3) is 5.74. The molecule has 1 aliphatic rings. The van der Waals surface area contributed by atoms with Crippen LogP contribution in [0.15, 0.2) is 0 Å². The van der Waals surface area contributed by atoms with Gasteiger partial charge in [0.15, 0.2) is 0 Å². The van der Waals surface area contributed by atoms with E-state index in [0.717, 1.165) is 19.7 Å². The molecule has 4 nitrogen and oxygen atoms in total. The van der Waals surface area contributed by atoms with Gasteiger partial charge in [-0.05, 0) is 39.3 Å². The normalized spacial score (nSPS) is 21.1. The minimum absolute atomic E-state index is 0.279. The lowest BCUT2D eigenvalue weighted by Crippen LogP contribution is -2.25. The number of amidine groups is 1. The molecular weight excluding hydrogens is 190 g/mol. The van der Waals surface area contributed by atoms with E-state index >= 15 is 0 Å². The summed E-state index contributed by atoms with van der Waals surface area (Å²) in [5.41, 5.74) is 5.31. The summed E-state index contributed by atoms with van der Waals surface area (Å²) in [6, 6.07) is 0. The van der Waals surface area contributed by atoms with Gasteiger partial charge < -0.3 is 15.4 Å². The first kappa shape index (κ1) is 12.5. The molecule has 1 aliphatic heterocycles. The fraction of sp³-hybridized carbons (Fsp3) is 0.909. The van der Waals surface area contributed by atoms with Gasteiger partial charge in [0.1, 0.15) is 0 Å². The Hall–Kier alpha value is -0.610. The second-order valence-corrected chi connectivity index (χ2v) is 4.36. The molecule has 88 valence electrons. The van der Waals surface area contributed by atoms with Crippen LogP contribution in [-0.4, -0.2) is 43.6 Å². The van der Waals surface area contributed by atoms with E-state index in [1.165, 1.54) is 25.7 Å². The molecule has 0 radical (unpaired) electrons. The molecule has 3 N–H and O–H groups in total. The molecule has 1 rings (SSSR count). The number of nitrogens with zero attached hydrogens (tertiary/aromatic N) is 1. The Balaban J connectivity index is 1.96. The van der Waals surface area contributed by atoms with Crippen LogP contribution < -0.4 is 5.73 Å². The van der Waals surface area contributed by atoms with Gasteiger partial charge in [-0.2, -0.15) is 0 Å². The van der Waals surface area contributed by atoms with E-state index in [4.69, 9.17) is 15.9 Å². The minimum atomic E-state index is 0.279. The molecule has 0 aromatic rings. The molecule has 0 spiro atoms. The van der Waals surface area contributed by atoms with Crippen LogP contribution in [0, 0.1) is 5.41 Å². The van der Waals surface area contributed by atoms with Gasteiger partial charge in [-0.15, -0.1) is 0 Å². The highest BCUT2D eigenvalue weighted by Crippen LogP contribution is 2.16. The number of hydrogen-bond acceptors (Lipinski definition) is 3. The van der Waals surface area contributed by atoms with Crippen LogP contribution in [0.1, 0.15) is 32.1 Å². The second-order valence-electron chi connectivity index (χ2n) is 4.36. The van der Waals surface area contributed by atoms with Gasteiger partial charge in [0.05, 0.1) is 11.9 Å². The first-order chi connectivity index (χ1) is 7.18. The summed E-state index contributed by atoms with van der Waals surface area (Å²) in [7, 11) is 2.08. The monoisotopic (exact) mass is 213 g/mol. The van der Waals surface area contributed by atoms with Gasteiger partial charge >= 0.3 is 0 Å². The summed E-state index contributed by atoms with van der Waals surface area (Å²) in [5.74, 6) is 0.279. The highest BCUT2D eigenvalue weighted by Gasteiger charge is 2.14. The van der Waals surface area contributed by atoms with Gasteiger partial charge in [-0.25, -0.2) is 0 Å². The fourth-order valence-electron chi connectivity index (χ4n) is 1.88. The van der Waals surface area contributed by atoms with Crippen molar-refractivity contribution in [2.45, 2.75) is 38.2 Å². The molecule has 1 unspecified atom stereocenters. The molecule has 0 aliphatic carbocycles. The molecular formula is C11H23N3O. The zero-order chi connectivity index (χ0) is 11.1. The first-order valence-electron chi connectivity index (χ1n) is 5.81. The van der Waals surface area contributed by atoms with Crippen LogP contribution in [0.4, 0.5) is 0 Å². The van der Waals surface area contributed by atoms with E-state index in [1.54, 1.807) is 0 Å². The summed E-state index contributed by atoms with van der Waals surface area (Å²) < 4.78 is 5.56. The van der Waals surface area contributed by atoms with E-state index in [2.05, 4.69) is 11.9 Å². The van der Waals surface area contributed by atoms with Crippen molar-refractivity contribution in [1.29, 1.82) is 5.41 Å². The molecule has 1 heterocycles. The van der Waals surface area contributed by atoms with Crippen LogP contribution in [0.3, 0.4) is 0 Å². The van der Waals surface area contributed by atoms with E-state index < -0.39 is 0 Å². The molecule has 0 amide bonds. The third-order valence-electron chi connectivity index (χ3n) is 2.85. The zero-order valence-corrected chi connectivity index (χ0v) is 9.67. The maximum atomic E-state index is 7.13. The molecule has 4 heteroatoms. The van der Waals surface area contributed by atoms with Crippen molar-refractivity contribution >= 4 is 5.84 Å². The Bertz CT molecular complexity index is 190. The average molecular weight is 213 g/mol. The van der Waals surface area contributed by atoms with Gasteiger partial charge in [-0.3, -0.25) is 5.41 Å². The molecule has 1 atom stereocenters. The van der Waals surface area contributed by atoms with E-state index in [0.29, 0.717) is 12.5 Å². The summed E-state index contributed by atoms with van der Waals surface area (Å²) >= 11 is 0. The van der Waals surface area contributed by atoms with Crippen molar-refractivity contribution in [3.8, 4) is 0 Å². The lowest BCUT2D eigenvalue weighted by Gasteiger charge is -2.17. The average Bonchev–Trinajstić information content (AvgIpc) is 2.67. The summed E-state index contributed by atoms with van der Waals surface area (Å²) in [6.45, 7) is 2.92. The van der Waals surface area contributed by atoms with Gasteiger partial charge in [0.25, 0.3) is 0 Å². The predicted molar refractivity (Wildman–Crippen MR) is 62.2 cm³/mol. The Morgan fingerprint density at radius 1 is 1.53 bits per heavy atom. The van der Waals surface area contributed by atoms with Crippen LogP contribution in [0.25, 0.3) is 0 Å². The van der Waals surface area contributed by atoms with Gasteiger partial charge in [0, 0.05) is 19.6 Å².